The summed E-state index contributed by atoms with van der Waals surface area (Å²) in [4.78, 5) is 21.8. The molecule has 0 aliphatic heterocycles. The molecule has 0 fully saturated rings. The van der Waals surface area contributed by atoms with E-state index in [9.17, 15) is 19.3 Å². The molecule has 0 saturated heterocycles. The van der Waals surface area contributed by atoms with Crippen molar-refractivity contribution in [2.75, 3.05) is 19.0 Å². The highest BCUT2D eigenvalue weighted by atomic mass is 19.1. The second kappa shape index (κ2) is 9.37. The van der Waals surface area contributed by atoms with E-state index in [-0.39, 0.29) is 5.75 Å². The third-order valence-electron chi connectivity index (χ3n) is 3.92. The zero-order valence-corrected chi connectivity index (χ0v) is 15.8. The van der Waals surface area contributed by atoms with E-state index in [1.807, 2.05) is 12.1 Å². The van der Waals surface area contributed by atoms with Crippen LogP contribution in [0.1, 0.15) is 0 Å². The van der Waals surface area contributed by atoms with E-state index in [1.165, 1.54) is 6.07 Å². The zero-order chi connectivity index (χ0) is 21.5. The van der Waals surface area contributed by atoms with Crippen molar-refractivity contribution < 1.29 is 28.3 Å². The Labute approximate surface area is 171 Å². The number of nitro benzene ring substituents is 1. The topological polar surface area (TPSA) is 99.9 Å². The molecule has 0 atom stereocenters. The SMILES string of the molecule is COc1ccccc1Oc1ccc(NC(=O)COc2ccc([N+](=O)[O-])c(F)c2)cc1. The summed E-state index contributed by atoms with van der Waals surface area (Å²) in [5, 5.41) is 13.2. The Bertz CT molecular complexity index is 1060. The summed E-state index contributed by atoms with van der Waals surface area (Å²) in [6.07, 6.45) is 0. The van der Waals surface area contributed by atoms with E-state index in [0.717, 1.165) is 12.1 Å². The molecule has 0 bridgehead atoms. The van der Waals surface area contributed by atoms with Crippen LogP contribution in [0.15, 0.2) is 66.7 Å². The number of halogens is 1. The number of ether oxygens (including phenoxy) is 3. The normalized spacial score (nSPS) is 10.2. The zero-order valence-electron chi connectivity index (χ0n) is 15.8. The standard InChI is InChI=1S/C21H17FN2O6/c1-28-19-4-2-3-5-20(19)30-15-8-6-14(7-9-15)23-21(25)13-29-16-10-11-18(24(26)27)17(22)12-16/h2-12H,13H2,1H3,(H,23,25). The van der Waals surface area contributed by atoms with Crippen LogP contribution in [0.2, 0.25) is 0 Å². The average molecular weight is 412 g/mol. The number of hydrogen-bond donors (Lipinski definition) is 1. The minimum atomic E-state index is -1.04. The molecule has 3 aromatic carbocycles. The van der Waals surface area contributed by atoms with Crippen LogP contribution < -0.4 is 19.5 Å². The second-order valence-corrected chi connectivity index (χ2v) is 5.98. The average Bonchev–Trinajstić information content (AvgIpc) is 2.74. The molecule has 0 spiro atoms. The van der Waals surface area contributed by atoms with Gasteiger partial charge in [-0.2, -0.15) is 4.39 Å². The Balaban J connectivity index is 1.54. The number of carbonyl (C=O) groups is 1. The van der Waals surface area contributed by atoms with Gasteiger partial charge in [-0.15, -0.1) is 0 Å². The first-order valence-corrected chi connectivity index (χ1v) is 8.74. The number of carbonyl (C=O) groups excluding carboxylic acids is 1. The van der Waals surface area contributed by atoms with Crippen LogP contribution in [0.4, 0.5) is 15.8 Å². The second-order valence-electron chi connectivity index (χ2n) is 5.98. The molecule has 30 heavy (non-hydrogen) atoms. The van der Waals surface area contributed by atoms with Crippen molar-refractivity contribution in [3.63, 3.8) is 0 Å². The number of amides is 1. The van der Waals surface area contributed by atoms with Gasteiger partial charge in [0, 0.05) is 17.8 Å². The van der Waals surface area contributed by atoms with Crippen LogP contribution in [0.25, 0.3) is 0 Å². The molecule has 0 aliphatic carbocycles. The number of hydrogen-bond acceptors (Lipinski definition) is 6. The molecular weight excluding hydrogens is 395 g/mol. The summed E-state index contributed by atoms with van der Waals surface area (Å²) in [7, 11) is 1.55. The largest absolute Gasteiger partial charge is 0.493 e. The minimum absolute atomic E-state index is 0.00815. The molecule has 0 radical (unpaired) electrons. The molecule has 3 rings (SSSR count). The van der Waals surface area contributed by atoms with Gasteiger partial charge in [-0.25, -0.2) is 0 Å². The molecule has 1 N–H and O–H groups in total. The molecule has 0 heterocycles. The molecular formula is C21H17FN2O6. The van der Waals surface area contributed by atoms with Crippen LogP contribution in [0.3, 0.4) is 0 Å². The lowest BCUT2D eigenvalue weighted by Gasteiger charge is -2.11. The number of nitrogens with zero attached hydrogens (tertiary/aromatic N) is 1. The van der Waals surface area contributed by atoms with E-state index in [2.05, 4.69) is 5.32 Å². The van der Waals surface area contributed by atoms with E-state index in [1.54, 1.807) is 43.5 Å². The lowest BCUT2D eigenvalue weighted by atomic mass is 10.3. The Hall–Kier alpha value is -4.14. The van der Waals surface area contributed by atoms with Crippen LogP contribution >= 0.6 is 0 Å². The van der Waals surface area contributed by atoms with E-state index >= 15 is 0 Å². The van der Waals surface area contributed by atoms with Crippen molar-refractivity contribution >= 4 is 17.3 Å². The number of rotatable bonds is 8. The van der Waals surface area contributed by atoms with Crippen molar-refractivity contribution in [1.29, 1.82) is 0 Å². The van der Waals surface area contributed by atoms with Crippen LogP contribution in [-0.4, -0.2) is 24.5 Å². The molecule has 154 valence electrons. The lowest BCUT2D eigenvalue weighted by molar-refractivity contribution is -0.387. The third-order valence-corrected chi connectivity index (χ3v) is 3.92. The van der Waals surface area contributed by atoms with Crippen molar-refractivity contribution in [3.05, 3.63) is 82.7 Å². The van der Waals surface area contributed by atoms with Crippen molar-refractivity contribution in [1.82, 2.24) is 0 Å². The van der Waals surface area contributed by atoms with Gasteiger partial charge in [-0.3, -0.25) is 14.9 Å². The maximum Gasteiger partial charge on any atom is 0.305 e. The van der Waals surface area contributed by atoms with E-state index in [0.29, 0.717) is 22.9 Å². The highest BCUT2D eigenvalue weighted by Crippen LogP contribution is 2.31. The molecule has 0 saturated carbocycles. The van der Waals surface area contributed by atoms with Gasteiger partial charge in [-0.1, -0.05) is 12.1 Å². The predicted octanol–water partition coefficient (Wildman–Crippen LogP) is 4.55. The Morgan fingerprint density at radius 1 is 1.03 bits per heavy atom. The van der Waals surface area contributed by atoms with Gasteiger partial charge < -0.3 is 19.5 Å². The fraction of sp³-hybridized carbons (Fsp3) is 0.0952. The van der Waals surface area contributed by atoms with Crippen LogP contribution in [0.5, 0.6) is 23.0 Å². The lowest BCUT2D eigenvalue weighted by Crippen LogP contribution is -2.20. The summed E-state index contributed by atoms with van der Waals surface area (Å²) >= 11 is 0. The van der Waals surface area contributed by atoms with E-state index < -0.39 is 28.9 Å². The fourth-order valence-corrected chi connectivity index (χ4v) is 2.51. The first-order chi connectivity index (χ1) is 14.5. The molecule has 8 nitrogen and oxygen atoms in total. The first kappa shape index (κ1) is 20.6. The Kier molecular flexibility index (Phi) is 6.43. The van der Waals surface area contributed by atoms with Gasteiger partial charge in [-0.05, 0) is 42.5 Å². The molecule has 0 unspecified atom stereocenters. The van der Waals surface area contributed by atoms with Crippen LogP contribution in [-0.2, 0) is 4.79 Å². The van der Waals surface area contributed by atoms with Crippen molar-refractivity contribution in [2.45, 2.75) is 0 Å². The fourth-order valence-electron chi connectivity index (χ4n) is 2.51. The number of para-hydroxylation sites is 2. The third kappa shape index (κ3) is 5.22. The van der Waals surface area contributed by atoms with Gasteiger partial charge in [0.05, 0.1) is 12.0 Å². The molecule has 1 amide bonds. The van der Waals surface area contributed by atoms with Gasteiger partial charge in [0.25, 0.3) is 5.91 Å². The molecule has 0 aromatic heterocycles. The smallest absolute Gasteiger partial charge is 0.305 e. The Morgan fingerprint density at radius 2 is 1.70 bits per heavy atom. The summed E-state index contributed by atoms with van der Waals surface area (Å²) in [6, 6.07) is 16.9. The predicted molar refractivity (Wildman–Crippen MR) is 107 cm³/mol. The summed E-state index contributed by atoms with van der Waals surface area (Å²) < 4.78 is 29.7. The number of nitrogens with one attached hydrogen (secondary N) is 1. The quantitative estimate of drug-likeness (QED) is 0.430. The van der Waals surface area contributed by atoms with Gasteiger partial charge in [0.2, 0.25) is 5.82 Å². The molecule has 3 aromatic rings. The summed E-state index contributed by atoms with van der Waals surface area (Å²) in [5.74, 6) is 0.190. The number of benzene rings is 3. The highest BCUT2D eigenvalue weighted by molar-refractivity contribution is 5.91. The highest BCUT2D eigenvalue weighted by Gasteiger charge is 2.15. The summed E-state index contributed by atoms with van der Waals surface area (Å²) in [5.41, 5.74) is -0.159. The minimum Gasteiger partial charge on any atom is -0.493 e. The summed E-state index contributed by atoms with van der Waals surface area (Å²) in [6.45, 7) is -0.392. The monoisotopic (exact) mass is 412 g/mol. The molecule has 9 heteroatoms. The maximum absolute atomic E-state index is 13.6. The maximum atomic E-state index is 13.6. The van der Waals surface area contributed by atoms with Gasteiger partial charge in [0.15, 0.2) is 18.1 Å². The first-order valence-electron chi connectivity index (χ1n) is 8.74. The Morgan fingerprint density at radius 3 is 2.33 bits per heavy atom. The van der Waals surface area contributed by atoms with Crippen molar-refractivity contribution in [2.24, 2.45) is 0 Å². The van der Waals surface area contributed by atoms with Gasteiger partial charge >= 0.3 is 5.69 Å². The molecule has 0 aliphatic rings. The van der Waals surface area contributed by atoms with Crippen molar-refractivity contribution in [3.8, 4) is 23.0 Å². The van der Waals surface area contributed by atoms with Crippen LogP contribution in [0, 0.1) is 15.9 Å². The number of anilines is 1. The number of nitro groups is 1. The van der Waals surface area contributed by atoms with Gasteiger partial charge in [0.1, 0.15) is 11.5 Å². The number of methoxy groups -OCH3 is 1. The van der Waals surface area contributed by atoms with E-state index in [4.69, 9.17) is 14.2 Å².